The smallest absolute Gasteiger partial charge is 0.162 e. The van der Waals surface area contributed by atoms with Crippen LogP contribution in [0.2, 0.25) is 0 Å². The van der Waals surface area contributed by atoms with Gasteiger partial charge in [0.25, 0.3) is 0 Å². The average molecular weight is 454 g/mol. The predicted molar refractivity (Wildman–Crippen MR) is 128 cm³/mol. The average Bonchev–Trinajstić information content (AvgIpc) is 3.29. The van der Waals surface area contributed by atoms with Crippen LogP contribution in [0.5, 0.6) is 11.5 Å². The van der Waals surface area contributed by atoms with E-state index in [2.05, 4.69) is 25.4 Å². The zero-order valence-electron chi connectivity index (χ0n) is 18.7. The van der Waals surface area contributed by atoms with E-state index in [1.165, 1.54) is 19.8 Å². The Morgan fingerprint density at radius 2 is 1.94 bits per heavy atom. The first-order valence-corrected chi connectivity index (χ1v) is 10.7. The van der Waals surface area contributed by atoms with Gasteiger partial charge in [0.2, 0.25) is 0 Å². The van der Waals surface area contributed by atoms with Crippen molar-refractivity contribution in [2.24, 2.45) is 0 Å². The highest BCUT2D eigenvalue weighted by molar-refractivity contribution is 5.92. The Labute approximate surface area is 195 Å². The van der Waals surface area contributed by atoms with Gasteiger partial charge in [-0.05, 0) is 54.4 Å². The molecular weight excluding hydrogens is 432 g/mol. The van der Waals surface area contributed by atoms with E-state index in [1.807, 2.05) is 55.5 Å². The third-order valence-electron chi connectivity index (χ3n) is 5.32. The number of aromatic nitrogens is 5. The molecule has 9 nitrogen and oxygen atoms in total. The molecule has 9 heteroatoms. The number of nitrogens with zero attached hydrogens (tertiary/aromatic N) is 5. The summed E-state index contributed by atoms with van der Waals surface area (Å²) in [6, 6.07) is 15.2. The SMILES string of the molecule is COCC(=O)Cc1ccc2ncnc(Nc3ccc(Oc4ccn5ncnc5c4)c(C)c3)c2c1. The van der Waals surface area contributed by atoms with Crippen LogP contribution in [0.15, 0.2) is 67.4 Å². The van der Waals surface area contributed by atoms with Crippen LogP contribution in [0.3, 0.4) is 0 Å². The number of pyridine rings is 1. The summed E-state index contributed by atoms with van der Waals surface area (Å²) < 4.78 is 12.7. The minimum absolute atomic E-state index is 0.0163. The van der Waals surface area contributed by atoms with E-state index in [0.717, 1.165) is 33.5 Å². The maximum atomic E-state index is 12.0. The van der Waals surface area contributed by atoms with Crippen LogP contribution in [0, 0.1) is 6.92 Å². The molecule has 0 radical (unpaired) electrons. The number of anilines is 2. The second-order valence-corrected chi connectivity index (χ2v) is 7.85. The van der Waals surface area contributed by atoms with E-state index in [9.17, 15) is 4.79 Å². The summed E-state index contributed by atoms with van der Waals surface area (Å²) in [5, 5.41) is 8.30. The molecule has 5 rings (SSSR count). The molecule has 0 unspecified atom stereocenters. The highest BCUT2D eigenvalue weighted by Crippen LogP contribution is 2.30. The fourth-order valence-corrected chi connectivity index (χ4v) is 3.72. The first kappa shape index (κ1) is 21.5. The largest absolute Gasteiger partial charge is 0.457 e. The molecule has 0 aliphatic heterocycles. The second kappa shape index (κ2) is 9.24. The van der Waals surface area contributed by atoms with Gasteiger partial charge in [-0.25, -0.2) is 19.5 Å². The number of nitrogens with one attached hydrogen (secondary N) is 1. The zero-order valence-corrected chi connectivity index (χ0v) is 18.7. The standard InChI is InChI=1S/C25H22N6O3/c1-16-9-18(4-6-23(16)34-20-7-8-31-24(12-20)27-15-29-31)30-25-21-11-17(10-19(32)13-33-2)3-5-22(21)26-14-28-25/h3-9,11-12,14-15H,10,13H2,1-2H3,(H,26,28,30). The first-order valence-electron chi connectivity index (χ1n) is 10.7. The number of hydrogen-bond donors (Lipinski definition) is 1. The molecule has 0 aliphatic rings. The molecule has 0 saturated carbocycles. The van der Waals surface area contributed by atoms with Gasteiger partial charge >= 0.3 is 0 Å². The molecule has 2 aromatic carbocycles. The number of aryl methyl sites for hydroxylation is 1. The molecule has 3 aromatic heterocycles. The number of ketones is 1. The summed E-state index contributed by atoms with van der Waals surface area (Å²) in [5.41, 5.74) is 4.21. The Hall–Kier alpha value is -4.37. The number of carbonyl (C=O) groups excluding carboxylic acids is 1. The Bertz CT molecular complexity index is 1500. The van der Waals surface area contributed by atoms with E-state index >= 15 is 0 Å². The van der Waals surface area contributed by atoms with Gasteiger partial charge in [0, 0.05) is 36.9 Å². The number of ether oxygens (including phenoxy) is 2. The van der Waals surface area contributed by atoms with Crippen molar-refractivity contribution >= 4 is 33.8 Å². The van der Waals surface area contributed by atoms with Crippen molar-refractivity contribution < 1.29 is 14.3 Å². The van der Waals surface area contributed by atoms with Crippen LogP contribution in [0.1, 0.15) is 11.1 Å². The molecule has 0 atom stereocenters. The molecule has 0 aliphatic carbocycles. The van der Waals surface area contributed by atoms with Crippen LogP contribution in [0.25, 0.3) is 16.6 Å². The molecule has 0 spiro atoms. The number of hydrogen-bond acceptors (Lipinski definition) is 8. The molecule has 34 heavy (non-hydrogen) atoms. The molecule has 0 fully saturated rings. The molecule has 3 heterocycles. The molecule has 0 bridgehead atoms. The van der Waals surface area contributed by atoms with Crippen LogP contribution < -0.4 is 10.1 Å². The second-order valence-electron chi connectivity index (χ2n) is 7.85. The predicted octanol–water partition coefficient (Wildman–Crippen LogP) is 4.27. The van der Waals surface area contributed by atoms with Gasteiger partial charge in [0.05, 0.1) is 5.52 Å². The van der Waals surface area contributed by atoms with E-state index < -0.39 is 0 Å². The summed E-state index contributed by atoms with van der Waals surface area (Å²) in [6.45, 7) is 2.07. The van der Waals surface area contributed by atoms with Crippen LogP contribution in [-0.4, -0.2) is 44.1 Å². The maximum Gasteiger partial charge on any atom is 0.162 e. The Morgan fingerprint density at radius 3 is 2.79 bits per heavy atom. The third-order valence-corrected chi connectivity index (χ3v) is 5.32. The number of carbonyl (C=O) groups is 1. The lowest BCUT2D eigenvalue weighted by atomic mass is 10.1. The lowest BCUT2D eigenvalue weighted by molar-refractivity contribution is -0.121. The van der Waals surface area contributed by atoms with Crippen molar-refractivity contribution in [2.75, 3.05) is 19.0 Å². The topological polar surface area (TPSA) is 104 Å². The highest BCUT2D eigenvalue weighted by atomic mass is 16.5. The minimum Gasteiger partial charge on any atom is -0.457 e. The molecular formula is C25H22N6O3. The van der Waals surface area contributed by atoms with Crippen molar-refractivity contribution in [3.8, 4) is 11.5 Å². The van der Waals surface area contributed by atoms with E-state index in [0.29, 0.717) is 23.6 Å². The van der Waals surface area contributed by atoms with Gasteiger partial charge in [-0.1, -0.05) is 6.07 Å². The van der Waals surface area contributed by atoms with E-state index in [1.54, 1.807) is 10.7 Å². The van der Waals surface area contributed by atoms with Crippen molar-refractivity contribution in [2.45, 2.75) is 13.3 Å². The summed E-state index contributed by atoms with van der Waals surface area (Å²) in [4.78, 5) is 24.9. The molecule has 0 amide bonds. The van der Waals surface area contributed by atoms with Crippen LogP contribution in [0.4, 0.5) is 11.5 Å². The monoisotopic (exact) mass is 454 g/mol. The molecule has 5 aromatic rings. The van der Waals surface area contributed by atoms with Crippen molar-refractivity contribution in [3.63, 3.8) is 0 Å². The zero-order chi connectivity index (χ0) is 23.5. The Kier molecular flexibility index (Phi) is 5.84. The highest BCUT2D eigenvalue weighted by Gasteiger charge is 2.10. The number of rotatable bonds is 8. The Balaban J connectivity index is 1.37. The first-order chi connectivity index (χ1) is 16.6. The van der Waals surface area contributed by atoms with Crippen LogP contribution >= 0.6 is 0 Å². The van der Waals surface area contributed by atoms with Gasteiger partial charge in [-0.15, -0.1) is 0 Å². The number of Topliss-reactive ketones (excluding diaryl/α,β-unsaturated/α-hetero) is 1. The summed E-state index contributed by atoms with van der Waals surface area (Å²) in [6.07, 6.45) is 5.12. The normalized spacial score (nSPS) is 11.1. The number of methoxy groups -OCH3 is 1. The fraction of sp³-hybridized carbons (Fsp3) is 0.160. The molecule has 0 saturated heterocycles. The quantitative estimate of drug-likeness (QED) is 0.371. The molecule has 1 N–H and O–H groups in total. The molecule has 170 valence electrons. The Morgan fingerprint density at radius 1 is 1.03 bits per heavy atom. The van der Waals surface area contributed by atoms with Crippen molar-refractivity contribution in [1.82, 2.24) is 24.6 Å². The van der Waals surface area contributed by atoms with E-state index in [4.69, 9.17) is 9.47 Å². The summed E-state index contributed by atoms with van der Waals surface area (Å²) in [7, 11) is 1.52. The fourth-order valence-electron chi connectivity index (χ4n) is 3.72. The van der Waals surface area contributed by atoms with Crippen molar-refractivity contribution in [1.29, 1.82) is 0 Å². The maximum absolute atomic E-state index is 12.0. The van der Waals surface area contributed by atoms with Gasteiger partial charge in [-0.3, -0.25) is 4.79 Å². The minimum atomic E-state index is 0.0163. The lowest BCUT2D eigenvalue weighted by Crippen LogP contribution is -2.09. The number of benzene rings is 2. The van der Waals surface area contributed by atoms with Gasteiger partial charge < -0.3 is 14.8 Å². The number of fused-ring (bicyclic) bond motifs is 2. The third kappa shape index (κ3) is 4.55. The van der Waals surface area contributed by atoms with Gasteiger partial charge in [0.1, 0.15) is 36.6 Å². The summed E-state index contributed by atoms with van der Waals surface area (Å²) >= 11 is 0. The lowest BCUT2D eigenvalue weighted by Gasteiger charge is -2.13. The van der Waals surface area contributed by atoms with Crippen LogP contribution in [-0.2, 0) is 16.0 Å². The summed E-state index contributed by atoms with van der Waals surface area (Å²) in [5.74, 6) is 2.10. The van der Waals surface area contributed by atoms with Gasteiger partial charge in [-0.2, -0.15) is 5.10 Å². The van der Waals surface area contributed by atoms with E-state index in [-0.39, 0.29) is 12.4 Å². The van der Waals surface area contributed by atoms with Gasteiger partial charge in [0.15, 0.2) is 11.4 Å². The van der Waals surface area contributed by atoms with Crippen molar-refractivity contribution in [3.05, 3.63) is 78.5 Å².